The summed E-state index contributed by atoms with van der Waals surface area (Å²) in [6.07, 6.45) is -4.33. The average Bonchev–Trinajstić information content (AvgIpc) is 2.61. The molecule has 0 atom stereocenters. The first kappa shape index (κ1) is 21.2. The maximum atomic E-state index is 12.2. The van der Waals surface area contributed by atoms with Crippen molar-refractivity contribution in [1.82, 2.24) is 10.2 Å². The van der Waals surface area contributed by atoms with Crippen LogP contribution in [0.3, 0.4) is 0 Å². The van der Waals surface area contributed by atoms with Gasteiger partial charge >= 0.3 is 12.2 Å². The maximum absolute atomic E-state index is 12.2. The highest BCUT2D eigenvalue weighted by molar-refractivity contribution is 9.10. The zero-order valence-electron chi connectivity index (χ0n) is 14.7. The lowest BCUT2D eigenvalue weighted by Crippen LogP contribution is -2.36. The van der Waals surface area contributed by atoms with Crippen LogP contribution in [0.25, 0.3) is 0 Å². The Bertz CT molecular complexity index is 734. The Kier molecular flexibility index (Phi) is 7.67. The van der Waals surface area contributed by atoms with Crippen molar-refractivity contribution in [3.05, 3.63) is 69.7 Å². The number of hydrogen-bond donors (Lipinski definition) is 1. The van der Waals surface area contributed by atoms with Gasteiger partial charge in [0.25, 0.3) is 0 Å². The van der Waals surface area contributed by atoms with E-state index in [9.17, 15) is 18.0 Å². The molecule has 2 amide bonds. The Hall–Kier alpha value is -2.06. The van der Waals surface area contributed by atoms with Crippen LogP contribution in [0.2, 0.25) is 0 Å². The monoisotopic (exact) mass is 444 g/mol. The fourth-order valence-electron chi connectivity index (χ4n) is 2.29. The summed E-state index contributed by atoms with van der Waals surface area (Å²) in [6, 6.07) is 14.4. The van der Waals surface area contributed by atoms with Crippen molar-refractivity contribution in [2.24, 2.45) is 0 Å². The molecule has 0 unspecified atom stereocenters. The molecule has 0 aliphatic rings. The van der Waals surface area contributed by atoms with Gasteiger partial charge in [0, 0.05) is 24.6 Å². The highest BCUT2D eigenvalue weighted by atomic mass is 79.9. The van der Waals surface area contributed by atoms with E-state index in [4.69, 9.17) is 0 Å². The molecule has 27 heavy (non-hydrogen) atoms. The number of rotatable bonds is 7. The molecule has 0 saturated carbocycles. The van der Waals surface area contributed by atoms with Crippen LogP contribution < -0.4 is 5.32 Å². The molecule has 0 fully saturated rings. The molecule has 0 radical (unpaired) electrons. The van der Waals surface area contributed by atoms with Crippen LogP contribution in [-0.2, 0) is 24.4 Å². The standard InChI is InChI=1S/C19H20BrF3N2O2/c1-25(11-15-6-8-17(20)9-7-15)18(26)24-10-14-2-4-16(5-3-14)12-27-13-19(21,22)23/h2-9H,10-13H2,1H3,(H,24,26). The van der Waals surface area contributed by atoms with E-state index in [1.54, 1.807) is 36.2 Å². The van der Waals surface area contributed by atoms with Gasteiger partial charge in [-0.15, -0.1) is 0 Å². The van der Waals surface area contributed by atoms with Gasteiger partial charge in [-0.25, -0.2) is 4.79 Å². The molecule has 0 saturated heterocycles. The summed E-state index contributed by atoms with van der Waals surface area (Å²) in [5.74, 6) is 0. The molecule has 146 valence electrons. The number of benzene rings is 2. The minimum atomic E-state index is -4.33. The molecule has 2 aromatic rings. The van der Waals surface area contributed by atoms with E-state index >= 15 is 0 Å². The fraction of sp³-hybridized carbons (Fsp3) is 0.316. The first-order valence-electron chi connectivity index (χ1n) is 8.18. The van der Waals surface area contributed by atoms with E-state index in [-0.39, 0.29) is 12.6 Å². The van der Waals surface area contributed by atoms with Crippen molar-refractivity contribution in [2.45, 2.75) is 25.9 Å². The normalized spacial score (nSPS) is 11.3. The van der Waals surface area contributed by atoms with Gasteiger partial charge in [0.2, 0.25) is 0 Å². The molecule has 0 aliphatic heterocycles. The lowest BCUT2D eigenvalue weighted by atomic mass is 10.1. The fourth-order valence-corrected chi connectivity index (χ4v) is 2.55. The molecule has 2 aromatic carbocycles. The third-order valence-electron chi connectivity index (χ3n) is 3.68. The van der Waals surface area contributed by atoms with Crippen molar-refractivity contribution in [3.63, 3.8) is 0 Å². The summed E-state index contributed by atoms with van der Waals surface area (Å²) >= 11 is 3.37. The SMILES string of the molecule is CN(Cc1ccc(Br)cc1)C(=O)NCc1ccc(COCC(F)(F)F)cc1. The Morgan fingerprint density at radius 2 is 1.59 bits per heavy atom. The van der Waals surface area contributed by atoms with Crippen LogP contribution in [0, 0.1) is 0 Å². The van der Waals surface area contributed by atoms with Crippen molar-refractivity contribution in [1.29, 1.82) is 0 Å². The predicted molar refractivity (Wildman–Crippen MR) is 100.0 cm³/mol. The summed E-state index contributed by atoms with van der Waals surface area (Å²) in [6.45, 7) is -0.570. The van der Waals surface area contributed by atoms with Crippen LogP contribution in [0.15, 0.2) is 53.0 Å². The van der Waals surface area contributed by atoms with Crippen LogP contribution >= 0.6 is 15.9 Å². The van der Waals surface area contributed by atoms with Crippen molar-refractivity contribution in [2.75, 3.05) is 13.7 Å². The molecule has 4 nitrogen and oxygen atoms in total. The number of ether oxygens (including phenoxy) is 1. The minimum absolute atomic E-state index is 0.109. The molecule has 0 aliphatic carbocycles. The molecule has 8 heteroatoms. The highest BCUT2D eigenvalue weighted by Gasteiger charge is 2.27. The zero-order chi connectivity index (χ0) is 19.9. The number of nitrogens with zero attached hydrogens (tertiary/aromatic N) is 1. The smallest absolute Gasteiger partial charge is 0.367 e. The van der Waals surface area contributed by atoms with Crippen LogP contribution in [0.1, 0.15) is 16.7 Å². The van der Waals surface area contributed by atoms with E-state index in [0.717, 1.165) is 15.6 Å². The topological polar surface area (TPSA) is 41.6 Å². The molecule has 0 bridgehead atoms. The van der Waals surface area contributed by atoms with Crippen molar-refractivity contribution < 1.29 is 22.7 Å². The second kappa shape index (κ2) is 9.75. The number of urea groups is 1. The number of hydrogen-bond acceptors (Lipinski definition) is 2. The highest BCUT2D eigenvalue weighted by Crippen LogP contribution is 2.16. The second-order valence-electron chi connectivity index (χ2n) is 6.07. The van der Waals surface area contributed by atoms with E-state index in [1.165, 1.54) is 0 Å². The van der Waals surface area contributed by atoms with E-state index in [0.29, 0.717) is 18.7 Å². The summed E-state index contributed by atoms with van der Waals surface area (Å²) in [5, 5.41) is 2.81. The molecule has 2 rings (SSSR count). The number of carbonyl (C=O) groups excluding carboxylic acids is 1. The molecular weight excluding hydrogens is 425 g/mol. The van der Waals surface area contributed by atoms with E-state index in [1.807, 2.05) is 24.3 Å². The van der Waals surface area contributed by atoms with Gasteiger partial charge in [-0.3, -0.25) is 0 Å². The zero-order valence-corrected chi connectivity index (χ0v) is 16.3. The summed E-state index contributed by atoms with van der Waals surface area (Å²) in [5.41, 5.74) is 2.50. The molecular formula is C19H20BrF3N2O2. The van der Waals surface area contributed by atoms with E-state index in [2.05, 4.69) is 26.0 Å². The predicted octanol–water partition coefficient (Wildman–Crippen LogP) is 4.87. The van der Waals surface area contributed by atoms with Gasteiger partial charge in [-0.05, 0) is 28.8 Å². The number of carbonyl (C=O) groups is 1. The second-order valence-corrected chi connectivity index (χ2v) is 6.98. The molecule has 0 aromatic heterocycles. The van der Waals surface area contributed by atoms with Gasteiger partial charge in [0.15, 0.2) is 0 Å². The Labute approximate surface area is 164 Å². The number of nitrogens with one attached hydrogen (secondary N) is 1. The molecule has 1 N–H and O–H groups in total. The summed E-state index contributed by atoms with van der Waals surface area (Å²) in [7, 11) is 1.71. The Morgan fingerprint density at radius 1 is 1.04 bits per heavy atom. The quantitative estimate of drug-likeness (QED) is 0.661. The lowest BCUT2D eigenvalue weighted by molar-refractivity contribution is -0.176. The van der Waals surface area contributed by atoms with Crippen LogP contribution in [0.4, 0.5) is 18.0 Å². The van der Waals surface area contributed by atoms with Gasteiger partial charge in [-0.2, -0.15) is 13.2 Å². The first-order valence-corrected chi connectivity index (χ1v) is 8.98. The molecule has 0 spiro atoms. The number of alkyl halides is 3. The van der Waals surface area contributed by atoms with Crippen LogP contribution in [0.5, 0.6) is 0 Å². The summed E-state index contributed by atoms with van der Waals surface area (Å²) in [4.78, 5) is 13.7. The minimum Gasteiger partial charge on any atom is -0.367 e. The van der Waals surface area contributed by atoms with Crippen molar-refractivity contribution >= 4 is 22.0 Å². The van der Waals surface area contributed by atoms with E-state index < -0.39 is 12.8 Å². The molecule has 0 heterocycles. The van der Waals surface area contributed by atoms with Crippen molar-refractivity contribution in [3.8, 4) is 0 Å². The third kappa shape index (κ3) is 8.01. The van der Waals surface area contributed by atoms with Crippen LogP contribution in [-0.4, -0.2) is 30.8 Å². The van der Waals surface area contributed by atoms with Gasteiger partial charge < -0.3 is 15.0 Å². The lowest BCUT2D eigenvalue weighted by Gasteiger charge is -2.18. The Morgan fingerprint density at radius 3 is 2.19 bits per heavy atom. The average molecular weight is 445 g/mol. The van der Waals surface area contributed by atoms with Gasteiger partial charge in [-0.1, -0.05) is 52.3 Å². The Balaban J connectivity index is 1.76. The third-order valence-corrected chi connectivity index (χ3v) is 4.21. The number of amides is 2. The van der Waals surface area contributed by atoms with Gasteiger partial charge in [0.05, 0.1) is 6.61 Å². The maximum Gasteiger partial charge on any atom is 0.411 e. The van der Waals surface area contributed by atoms with Gasteiger partial charge in [0.1, 0.15) is 6.61 Å². The summed E-state index contributed by atoms with van der Waals surface area (Å²) < 4.78 is 41.7. The first-order chi connectivity index (χ1) is 12.7. The largest absolute Gasteiger partial charge is 0.411 e. The number of halogens is 4.